The molecule has 1 aliphatic heterocycles. The lowest BCUT2D eigenvalue weighted by molar-refractivity contribution is -0.130. The zero-order chi connectivity index (χ0) is 17.9. The number of nitrogens with one attached hydrogen (secondary N) is 1. The molecule has 0 saturated heterocycles. The molecule has 0 aliphatic carbocycles. The van der Waals surface area contributed by atoms with Crippen LogP contribution in [-0.2, 0) is 18.4 Å². The van der Waals surface area contributed by atoms with Crippen LogP contribution in [0.25, 0.3) is 11.3 Å². The van der Waals surface area contributed by atoms with Crippen molar-refractivity contribution in [3.8, 4) is 22.8 Å². The monoisotopic (exact) mass is 350 g/mol. The number of hydrogen-bond donors (Lipinski definition) is 1. The predicted molar refractivity (Wildman–Crippen MR) is 94.6 cm³/mol. The van der Waals surface area contributed by atoms with Crippen LogP contribution in [0.5, 0.6) is 11.5 Å². The summed E-state index contributed by atoms with van der Waals surface area (Å²) in [7, 11) is 1.86. The zero-order valence-electron chi connectivity index (χ0n) is 14.3. The highest BCUT2D eigenvalue weighted by Gasteiger charge is 2.26. The number of amides is 1. The van der Waals surface area contributed by atoms with E-state index >= 15 is 0 Å². The van der Waals surface area contributed by atoms with Crippen LogP contribution in [0.1, 0.15) is 5.56 Å². The van der Waals surface area contributed by atoms with E-state index in [1.54, 1.807) is 23.1 Å². The lowest BCUT2D eigenvalue weighted by atomic mass is 10.2. The Kier molecular flexibility index (Phi) is 4.27. The first kappa shape index (κ1) is 16.1. The Morgan fingerprint density at radius 1 is 1.23 bits per heavy atom. The molecule has 0 unspecified atom stereocenters. The van der Waals surface area contributed by atoms with Gasteiger partial charge in [0.1, 0.15) is 6.61 Å². The molecular formula is C19H18N4O3. The summed E-state index contributed by atoms with van der Waals surface area (Å²) in [5.41, 5.74) is 2.70. The fourth-order valence-electron chi connectivity index (χ4n) is 2.71. The minimum Gasteiger partial charge on any atom is -0.485 e. The smallest absolute Gasteiger partial charge is 0.264 e. The van der Waals surface area contributed by atoms with Crippen LogP contribution >= 0.6 is 0 Å². The number of carbonyl (C=O) groups excluding carboxylic acids is 1. The summed E-state index contributed by atoms with van der Waals surface area (Å²) in [6.45, 7) is 0.571. The van der Waals surface area contributed by atoms with Crippen molar-refractivity contribution in [3.05, 3.63) is 60.6 Å². The summed E-state index contributed by atoms with van der Waals surface area (Å²) in [4.78, 5) is 16.7. The third-order valence-corrected chi connectivity index (χ3v) is 4.09. The summed E-state index contributed by atoms with van der Waals surface area (Å²) >= 11 is 0. The molecule has 7 heteroatoms. The van der Waals surface area contributed by atoms with Crippen molar-refractivity contribution >= 4 is 5.91 Å². The minimum atomic E-state index is -0.660. The van der Waals surface area contributed by atoms with Gasteiger partial charge in [0, 0.05) is 31.5 Å². The third-order valence-electron chi connectivity index (χ3n) is 4.09. The van der Waals surface area contributed by atoms with Crippen molar-refractivity contribution in [2.45, 2.75) is 12.6 Å². The highest BCUT2D eigenvalue weighted by molar-refractivity contribution is 5.81. The topological polar surface area (TPSA) is 78.3 Å². The number of hydrogen-bond acceptors (Lipinski definition) is 5. The van der Waals surface area contributed by atoms with Gasteiger partial charge < -0.3 is 14.8 Å². The van der Waals surface area contributed by atoms with Crippen LogP contribution in [0.15, 0.2) is 55.0 Å². The molecule has 132 valence electrons. The van der Waals surface area contributed by atoms with Crippen LogP contribution in [-0.4, -0.2) is 33.4 Å². The van der Waals surface area contributed by atoms with E-state index in [0.717, 1.165) is 16.8 Å². The van der Waals surface area contributed by atoms with Gasteiger partial charge in [0.25, 0.3) is 5.91 Å². The van der Waals surface area contributed by atoms with E-state index in [0.29, 0.717) is 18.0 Å². The molecule has 4 rings (SSSR count). The van der Waals surface area contributed by atoms with Gasteiger partial charge in [-0.15, -0.1) is 0 Å². The SMILES string of the molecule is Cn1cc(-c2ccc(CNC(=O)[C@@H]3COc4ccccc4O3)cn2)cn1. The Labute approximate surface area is 150 Å². The Hall–Kier alpha value is -3.35. The van der Waals surface area contributed by atoms with Crippen molar-refractivity contribution in [2.75, 3.05) is 6.61 Å². The maximum Gasteiger partial charge on any atom is 0.264 e. The summed E-state index contributed by atoms with van der Waals surface area (Å²) in [5, 5.41) is 7.00. The second-order valence-electron chi connectivity index (χ2n) is 6.04. The van der Waals surface area contributed by atoms with Gasteiger partial charge >= 0.3 is 0 Å². The third kappa shape index (κ3) is 3.37. The first-order chi connectivity index (χ1) is 12.7. The molecule has 0 spiro atoms. The molecule has 1 N–H and O–H groups in total. The van der Waals surface area contributed by atoms with Gasteiger partial charge in [-0.1, -0.05) is 18.2 Å². The predicted octanol–water partition coefficient (Wildman–Crippen LogP) is 1.94. The molecule has 1 atom stereocenters. The fourth-order valence-corrected chi connectivity index (χ4v) is 2.71. The summed E-state index contributed by atoms with van der Waals surface area (Å²) in [5.74, 6) is 1.03. The number of nitrogens with zero attached hydrogens (tertiary/aromatic N) is 3. The van der Waals surface area contributed by atoms with Crippen molar-refractivity contribution < 1.29 is 14.3 Å². The molecule has 1 amide bonds. The summed E-state index contributed by atoms with van der Waals surface area (Å²) in [6, 6.07) is 11.2. The van der Waals surface area contributed by atoms with E-state index in [1.165, 1.54) is 0 Å². The lowest BCUT2D eigenvalue weighted by Crippen LogP contribution is -2.43. The molecule has 1 aliphatic rings. The van der Waals surface area contributed by atoms with Crippen molar-refractivity contribution in [1.29, 1.82) is 0 Å². The standard InChI is InChI=1S/C19H18N4O3/c1-23-11-14(10-22-23)15-7-6-13(8-20-15)9-21-19(24)18-12-25-16-4-2-3-5-17(16)26-18/h2-8,10-11,18H,9,12H2,1H3,(H,21,24)/t18-/m0/s1. The number of carbonyl (C=O) groups is 1. The normalized spacial score (nSPS) is 15.5. The number of rotatable bonds is 4. The van der Waals surface area contributed by atoms with Crippen LogP contribution < -0.4 is 14.8 Å². The molecule has 0 saturated carbocycles. The van der Waals surface area contributed by atoms with E-state index < -0.39 is 6.10 Å². The molecule has 26 heavy (non-hydrogen) atoms. The zero-order valence-corrected chi connectivity index (χ0v) is 14.3. The first-order valence-electron chi connectivity index (χ1n) is 8.29. The van der Waals surface area contributed by atoms with Crippen LogP contribution in [0.2, 0.25) is 0 Å². The van der Waals surface area contributed by atoms with Crippen molar-refractivity contribution in [2.24, 2.45) is 7.05 Å². The van der Waals surface area contributed by atoms with Gasteiger partial charge in [0.05, 0.1) is 11.9 Å². The second kappa shape index (κ2) is 6.87. The average Bonchev–Trinajstić information content (AvgIpc) is 3.12. The number of aromatic nitrogens is 3. The molecule has 0 radical (unpaired) electrons. The van der Waals surface area contributed by atoms with Crippen LogP contribution in [0.4, 0.5) is 0 Å². The van der Waals surface area contributed by atoms with E-state index in [2.05, 4.69) is 15.4 Å². The number of benzene rings is 1. The Bertz CT molecular complexity index is 921. The summed E-state index contributed by atoms with van der Waals surface area (Å²) < 4.78 is 13.0. The quantitative estimate of drug-likeness (QED) is 0.778. The molecule has 2 aromatic heterocycles. The molecule has 0 fully saturated rings. The number of aryl methyl sites for hydroxylation is 1. The molecular weight excluding hydrogens is 332 g/mol. The van der Waals surface area contributed by atoms with Crippen LogP contribution in [0.3, 0.4) is 0 Å². The summed E-state index contributed by atoms with van der Waals surface area (Å²) in [6.07, 6.45) is 4.76. The maximum absolute atomic E-state index is 12.3. The largest absolute Gasteiger partial charge is 0.485 e. The number of para-hydroxylation sites is 2. The number of fused-ring (bicyclic) bond motifs is 1. The Morgan fingerprint density at radius 2 is 2.08 bits per heavy atom. The van der Waals surface area contributed by atoms with E-state index in [1.807, 2.05) is 43.6 Å². The van der Waals surface area contributed by atoms with E-state index in [9.17, 15) is 4.79 Å². The van der Waals surface area contributed by atoms with Gasteiger partial charge in [-0.25, -0.2) is 0 Å². The van der Waals surface area contributed by atoms with Gasteiger partial charge in [0.15, 0.2) is 11.5 Å². The van der Waals surface area contributed by atoms with E-state index in [4.69, 9.17) is 9.47 Å². The first-order valence-corrected chi connectivity index (χ1v) is 8.29. The van der Waals surface area contributed by atoms with E-state index in [-0.39, 0.29) is 12.5 Å². The fraction of sp³-hybridized carbons (Fsp3) is 0.211. The Balaban J connectivity index is 1.35. The maximum atomic E-state index is 12.3. The lowest BCUT2D eigenvalue weighted by Gasteiger charge is -2.25. The number of pyridine rings is 1. The molecule has 1 aromatic carbocycles. The molecule has 3 heterocycles. The average molecular weight is 350 g/mol. The highest BCUT2D eigenvalue weighted by Crippen LogP contribution is 2.30. The second-order valence-corrected chi connectivity index (χ2v) is 6.04. The van der Waals surface area contributed by atoms with Gasteiger partial charge in [0.2, 0.25) is 6.10 Å². The Morgan fingerprint density at radius 3 is 2.81 bits per heavy atom. The van der Waals surface area contributed by atoms with Crippen molar-refractivity contribution in [3.63, 3.8) is 0 Å². The van der Waals surface area contributed by atoms with Gasteiger partial charge in [-0.05, 0) is 23.8 Å². The minimum absolute atomic E-state index is 0.195. The molecule has 0 bridgehead atoms. The van der Waals surface area contributed by atoms with Crippen molar-refractivity contribution in [1.82, 2.24) is 20.1 Å². The number of ether oxygens (including phenoxy) is 2. The van der Waals surface area contributed by atoms with Gasteiger partial charge in [-0.3, -0.25) is 14.5 Å². The molecule has 3 aromatic rings. The highest BCUT2D eigenvalue weighted by atomic mass is 16.6. The molecule has 7 nitrogen and oxygen atoms in total. The van der Waals surface area contributed by atoms with Gasteiger partial charge in [-0.2, -0.15) is 5.10 Å². The van der Waals surface area contributed by atoms with Crippen LogP contribution in [0, 0.1) is 0 Å².